The summed E-state index contributed by atoms with van der Waals surface area (Å²) >= 11 is 0. The van der Waals surface area contributed by atoms with Crippen LogP contribution < -0.4 is 11.1 Å². The molecular weight excluding hydrogens is 410 g/mol. The molecule has 1 aliphatic rings. The number of nitrogens with one attached hydrogen (secondary N) is 1. The molecule has 8 nitrogen and oxygen atoms in total. The summed E-state index contributed by atoms with van der Waals surface area (Å²) in [6.07, 6.45) is 0.516. The molecule has 0 spiro atoms. The van der Waals surface area contributed by atoms with Crippen LogP contribution in [0.25, 0.3) is 11.1 Å². The number of primary amides is 1. The topological polar surface area (TPSA) is 132 Å². The highest BCUT2D eigenvalue weighted by atomic mass is 16.5. The largest absolute Gasteiger partial charge is 0.480 e. The molecule has 1 atom stereocenters. The van der Waals surface area contributed by atoms with Crippen LogP contribution in [0.15, 0.2) is 66.9 Å². The van der Waals surface area contributed by atoms with E-state index < -0.39 is 24.0 Å². The van der Waals surface area contributed by atoms with Gasteiger partial charge in [0.15, 0.2) is 0 Å². The summed E-state index contributed by atoms with van der Waals surface area (Å²) in [5.41, 5.74) is 10.1. The van der Waals surface area contributed by atoms with Gasteiger partial charge in [0, 0.05) is 18.5 Å². The van der Waals surface area contributed by atoms with Crippen LogP contribution in [0.5, 0.6) is 0 Å². The van der Waals surface area contributed by atoms with E-state index in [0.717, 1.165) is 22.3 Å². The predicted molar refractivity (Wildman–Crippen MR) is 116 cm³/mol. The number of ether oxygens (including phenoxy) is 1. The third-order valence-electron chi connectivity index (χ3n) is 5.45. The Morgan fingerprint density at radius 1 is 1.00 bits per heavy atom. The van der Waals surface area contributed by atoms with E-state index in [2.05, 4.69) is 10.3 Å². The minimum atomic E-state index is -1.22. The van der Waals surface area contributed by atoms with Gasteiger partial charge < -0.3 is 20.9 Å². The number of fused-ring (bicyclic) bond motifs is 3. The maximum absolute atomic E-state index is 12.4. The second kappa shape index (κ2) is 8.89. The van der Waals surface area contributed by atoms with E-state index in [0.29, 0.717) is 5.56 Å². The number of carboxylic acid groups (broad SMARTS) is 1. The number of benzene rings is 2. The van der Waals surface area contributed by atoms with Crippen LogP contribution in [0.1, 0.15) is 33.1 Å². The Kier molecular flexibility index (Phi) is 5.85. The summed E-state index contributed by atoms with van der Waals surface area (Å²) in [6, 6.07) is 17.6. The number of hydrogen-bond donors (Lipinski definition) is 3. The molecule has 0 fully saturated rings. The highest BCUT2D eigenvalue weighted by molar-refractivity contribution is 5.90. The minimum Gasteiger partial charge on any atom is -0.480 e. The van der Waals surface area contributed by atoms with E-state index >= 15 is 0 Å². The minimum absolute atomic E-state index is 0.0223. The molecular formula is C24H21N3O5. The lowest BCUT2D eigenvalue weighted by molar-refractivity contribution is -0.139. The normalized spacial score (nSPS) is 13.0. The van der Waals surface area contributed by atoms with Crippen molar-refractivity contribution in [1.29, 1.82) is 0 Å². The van der Waals surface area contributed by atoms with Crippen LogP contribution in [0.4, 0.5) is 4.79 Å². The quantitative estimate of drug-likeness (QED) is 0.527. The molecule has 0 saturated heterocycles. The lowest BCUT2D eigenvalue weighted by atomic mass is 9.98. The van der Waals surface area contributed by atoms with Crippen molar-refractivity contribution in [3.05, 3.63) is 89.2 Å². The molecule has 162 valence electrons. The van der Waals surface area contributed by atoms with Crippen molar-refractivity contribution in [2.75, 3.05) is 6.61 Å². The van der Waals surface area contributed by atoms with E-state index in [9.17, 15) is 19.5 Å². The molecule has 0 aliphatic heterocycles. The first kappa shape index (κ1) is 21.0. The van der Waals surface area contributed by atoms with Crippen molar-refractivity contribution < 1.29 is 24.2 Å². The number of alkyl carbamates (subject to hydrolysis) is 1. The van der Waals surface area contributed by atoms with Crippen LogP contribution >= 0.6 is 0 Å². The first-order valence-electron chi connectivity index (χ1n) is 10.0. The van der Waals surface area contributed by atoms with Crippen molar-refractivity contribution in [3.63, 3.8) is 0 Å². The summed E-state index contributed by atoms with van der Waals surface area (Å²) in [4.78, 5) is 39.0. The number of pyridine rings is 1. The number of rotatable bonds is 7. The molecule has 0 saturated carbocycles. The lowest BCUT2D eigenvalue weighted by Gasteiger charge is -2.17. The van der Waals surface area contributed by atoms with Crippen molar-refractivity contribution in [2.45, 2.75) is 18.4 Å². The van der Waals surface area contributed by atoms with Crippen molar-refractivity contribution in [2.24, 2.45) is 5.73 Å². The Bertz CT molecular complexity index is 1130. The van der Waals surface area contributed by atoms with Crippen LogP contribution in [-0.4, -0.2) is 40.7 Å². The molecule has 8 heteroatoms. The number of nitrogens with two attached hydrogens (primary N) is 1. The van der Waals surface area contributed by atoms with E-state index in [1.54, 1.807) is 6.07 Å². The second-order valence-electron chi connectivity index (χ2n) is 7.48. The molecule has 0 radical (unpaired) electrons. The second-order valence-corrected chi connectivity index (χ2v) is 7.48. The summed E-state index contributed by atoms with van der Waals surface area (Å²) in [5, 5.41) is 11.9. The van der Waals surface area contributed by atoms with Gasteiger partial charge in [0.2, 0.25) is 0 Å². The maximum Gasteiger partial charge on any atom is 0.407 e. The first-order chi connectivity index (χ1) is 15.4. The summed E-state index contributed by atoms with van der Waals surface area (Å²) in [7, 11) is 0. The fraction of sp³-hybridized carbons (Fsp3) is 0.167. The molecule has 4 rings (SSSR count). The van der Waals surface area contributed by atoms with Crippen LogP contribution in [0.2, 0.25) is 0 Å². The third kappa shape index (κ3) is 4.29. The van der Waals surface area contributed by atoms with E-state index in [-0.39, 0.29) is 24.6 Å². The van der Waals surface area contributed by atoms with Crippen molar-refractivity contribution in [1.82, 2.24) is 10.3 Å². The first-order valence-corrected chi connectivity index (χ1v) is 10.0. The Balaban J connectivity index is 1.41. The summed E-state index contributed by atoms with van der Waals surface area (Å²) in [6.45, 7) is 0.0844. The van der Waals surface area contributed by atoms with E-state index in [1.165, 1.54) is 12.3 Å². The molecule has 2 aromatic carbocycles. The van der Waals surface area contributed by atoms with Gasteiger partial charge in [0.1, 0.15) is 18.3 Å². The maximum atomic E-state index is 12.4. The molecule has 1 aliphatic carbocycles. The van der Waals surface area contributed by atoms with Crippen LogP contribution in [0.3, 0.4) is 0 Å². The van der Waals surface area contributed by atoms with Gasteiger partial charge in [0.25, 0.3) is 5.91 Å². The smallest absolute Gasteiger partial charge is 0.407 e. The van der Waals surface area contributed by atoms with Crippen molar-refractivity contribution in [3.8, 4) is 11.1 Å². The van der Waals surface area contributed by atoms with Gasteiger partial charge in [-0.05, 0) is 33.9 Å². The van der Waals surface area contributed by atoms with Gasteiger partial charge in [0.05, 0.1) is 0 Å². The van der Waals surface area contributed by atoms with Crippen molar-refractivity contribution >= 4 is 18.0 Å². The van der Waals surface area contributed by atoms with Gasteiger partial charge in [-0.3, -0.25) is 9.78 Å². The van der Waals surface area contributed by atoms with Gasteiger partial charge in [-0.15, -0.1) is 0 Å². The molecule has 1 aromatic heterocycles. The molecule has 0 unspecified atom stereocenters. The number of carbonyl (C=O) groups excluding carboxylic acids is 2. The Labute approximate surface area is 184 Å². The van der Waals surface area contributed by atoms with Gasteiger partial charge in [-0.1, -0.05) is 54.6 Å². The SMILES string of the molecule is NC(=O)c1ccc(C[C@H](NC(=O)OCC2c3ccccc3-c3ccccc32)C(=O)O)cn1. The number of carbonyl (C=O) groups is 3. The summed E-state index contributed by atoms with van der Waals surface area (Å²) < 4.78 is 5.42. The number of aliphatic carboxylic acids is 1. The average molecular weight is 431 g/mol. The zero-order valence-corrected chi connectivity index (χ0v) is 17.0. The van der Waals surface area contributed by atoms with E-state index in [4.69, 9.17) is 10.5 Å². The summed E-state index contributed by atoms with van der Waals surface area (Å²) in [5.74, 6) is -2.01. The molecule has 1 heterocycles. The van der Waals surface area contributed by atoms with Gasteiger partial charge in [-0.2, -0.15) is 0 Å². The standard InChI is InChI=1S/C24H21N3O5/c25-22(28)20-10-9-14(12-26-20)11-21(23(29)30)27-24(31)32-13-19-17-7-3-1-5-15(17)16-6-2-4-8-18(16)19/h1-10,12,19,21H,11,13H2,(H2,25,28)(H,27,31)(H,29,30)/t21-/m0/s1. The highest BCUT2D eigenvalue weighted by Crippen LogP contribution is 2.44. The number of hydrogen-bond acceptors (Lipinski definition) is 5. The molecule has 2 amide bonds. The predicted octanol–water partition coefficient (Wildman–Crippen LogP) is 2.71. The van der Waals surface area contributed by atoms with Gasteiger partial charge in [-0.25, -0.2) is 9.59 Å². The fourth-order valence-electron chi connectivity index (χ4n) is 3.91. The zero-order valence-electron chi connectivity index (χ0n) is 17.0. The molecule has 0 bridgehead atoms. The fourth-order valence-corrected chi connectivity index (χ4v) is 3.91. The molecule has 4 N–H and O–H groups in total. The molecule has 3 aromatic rings. The Hall–Kier alpha value is -4.20. The zero-order chi connectivity index (χ0) is 22.7. The number of amides is 2. The lowest BCUT2D eigenvalue weighted by Crippen LogP contribution is -2.43. The van der Waals surface area contributed by atoms with Crippen LogP contribution in [-0.2, 0) is 16.0 Å². The molecule has 32 heavy (non-hydrogen) atoms. The third-order valence-corrected chi connectivity index (χ3v) is 5.45. The average Bonchev–Trinajstić information content (AvgIpc) is 3.11. The van der Waals surface area contributed by atoms with E-state index in [1.807, 2.05) is 48.5 Å². The number of carboxylic acids is 1. The van der Waals surface area contributed by atoms with Crippen LogP contribution in [0, 0.1) is 0 Å². The highest BCUT2D eigenvalue weighted by Gasteiger charge is 2.29. The number of nitrogens with zero attached hydrogens (tertiary/aromatic N) is 1. The monoisotopic (exact) mass is 431 g/mol. The Morgan fingerprint density at radius 3 is 2.16 bits per heavy atom. The van der Waals surface area contributed by atoms with Gasteiger partial charge >= 0.3 is 12.1 Å². The Morgan fingerprint density at radius 2 is 1.62 bits per heavy atom. The number of aromatic nitrogens is 1.